The van der Waals surface area contributed by atoms with E-state index in [0.717, 1.165) is 23.7 Å². The Kier molecular flexibility index (Phi) is 3.55. The molecule has 1 aliphatic heterocycles. The van der Waals surface area contributed by atoms with Gasteiger partial charge in [0.25, 0.3) is 0 Å². The van der Waals surface area contributed by atoms with Crippen LogP contribution in [0.25, 0.3) is 0 Å². The molecule has 0 aliphatic carbocycles. The lowest BCUT2D eigenvalue weighted by Gasteiger charge is -2.24. The van der Waals surface area contributed by atoms with Crippen LogP contribution in [0, 0.1) is 0 Å². The lowest BCUT2D eigenvalue weighted by molar-refractivity contribution is -0.142. The summed E-state index contributed by atoms with van der Waals surface area (Å²) in [6.45, 7) is 0.508. The Labute approximate surface area is 108 Å². The first-order valence-electron chi connectivity index (χ1n) is 5.18. The minimum atomic E-state index is -0.478. The zero-order chi connectivity index (χ0) is 11.6. The van der Waals surface area contributed by atoms with Gasteiger partial charge in [0, 0.05) is 16.8 Å². The molecule has 16 heavy (non-hydrogen) atoms. The summed E-state index contributed by atoms with van der Waals surface area (Å²) in [5, 5.41) is 1.47. The Bertz CT molecular complexity index is 391. The maximum absolute atomic E-state index is 11.9. The van der Waals surface area contributed by atoms with E-state index in [1.165, 1.54) is 0 Å². The van der Waals surface area contributed by atoms with Crippen LogP contribution in [0.2, 0.25) is 5.02 Å². The highest BCUT2D eigenvalue weighted by Gasteiger charge is 2.45. The summed E-state index contributed by atoms with van der Waals surface area (Å²) >= 11 is 9.25. The minimum Gasteiger partial charge on any atom is -0.465 e. The molecule has 1 fully saturated rings. The van der Waals surface area contributed by atoms with E-state index in [1.807, 2.05) is 24.3 Å². The smallest absolute Gasteiger partial charge is 0.316 e. The van der Waals surface area contributed by atoms with Crippen molar-refractivity contribution in [2.45, 2.75) is 18.3 Å². The highest BCUT2D eigenvalue weighted by Crippen LogP contribution is 2.38. The molecule has 2 rings (SSSR count). The van der Waals surface area contributed by atoms with Crippen molar-refractivity contribution in [1.82, 2.24) is 0 Å². The molecule has 0 amide bonds. The maximum Gasteiger partial charge on any atom is 0.316 e. The SMILES string of the molecule is O=C1OCCC1(CCBr)c1ccc(Cl)cc1. The molecule has 1 atom stereocenters. The van der Waals surface area contributed by atoms with Gasteiger partial charge in [0.1, 0.15) is 0 Å². The molecular weight excluding hydrogens is 291 g/mol. The van der Waals surface area contributed by atoms with Crippen LogP contribution in [-0.2, 0) is 14.9 Å². The summed E-state index contributed by atoms with van der Waals surface area (Å²) in [5.74, 6) is -0.116. The molecule has 0 radical (unpaired) electrons. The third-order valence-corrected chi connectivity index (χ3v) is 3.72. The first-order chi connectivity index (χ1) is 7.69. The van der Waals surface area contributed by atoms with E-state index < -0.39 is 5.41 Å². The number of ether oxygens (including phenoxy) is 1. The minimum absolute atomic E-state index is 0.116. The highest BCUT2D eigenvalue weighted by molar-refractivity contribution is 9.09. The van der Waals surface area contributed by atoms with Gasteiger partial charge in [-0.3, -0.25) is 4.79 Å². The lowest BCUT2D eigenvalue weighted by atomic mass is 9.77. The molecule has 1 aromatic carbocycles. The molecule has 0 bridgehead atoms. The van der Waals surface area contributed by atoms with Crippen molar-refractivity contribution in [3.8, 4) is 0 Å². The number of esters is 1. The van der Waals surface area contributed by atoms with E-state index in [0.29, 0.717) is 11.6 Å². The second-order valence-electron chi connectivity index (χ2n) is 3.91. The zero-order valence-electron chi connectivity index (χ0n) is 8.71. The first-order valence-corrected chi connectivity index (χ1v) is 6.68. The van der Waals surface area contributed by atoms with E-state index in [1.54, 1.807) is 0 Å². The van der Waals surface area contributed by atoms with Gasteiger partial charge >= 0.3 is 5.97 Å². The highest BCUT2D eigenvalue weighted by atomic mass is 79.9. The first kappa shape index (κ1) is 11.9. The van der Waals surface area contributed by atoms with Crippen molar-refractivity contribution in [3.63, 3.8) is 0 Å². The van der Waals surface area contributed by atoms with Crippen molar-refractivity contribution in [2.24, 2.45) is 0 Å². The number of hydrogen-bond donors (Lipinski definition) is 0. The van der Waals surface area contributed by atoms with Crippen LogP contribution < -0.4 is 0 Å². The molecule has 4 heteroatoms. The van der Waals surface area contributed by atoms with Crippen LogP contribution in [0.4, 0.5) is 0 Å². The van der Waals surface area contributed by atoms with Gasteiger partial charge in [0.15, 0.2) is 0 Å². The van der Waals surface area contributed by atoms with Gasteiger partial charge in [-0.25, -0.2) is 0 Å². The van der Waals surface area contributed by atoms with Crippen molar-refractivity contribution < 1.29 is 9.53 Å². The van der Waals surface area contributed by atoms with Gasteiger partial charge in [-0.15, -0.1) is 0 Å². The molecular formula is C12H12BrClO2. The molecule has 1 aliphatic rings. The standard InChI is InChI=1S/C12H12BrClO2/c13-7-5-12(6-8-16-11(12)15)9-1-3-10(14)4-2-9/h1-4H,5-8H2. The average molecular weight is 304 g/mol. The van der Waals surface area contributed by atoms with Crippen LogP contribution in [0.1, 0.15) is 18.4 Å². The molecule has 2 nitrogen and oxygen atoms in total. The largest absolute Gasteiger partial charge is 0.465 e. The van der Waals surface area contributed by atoms with Crippen LogP contribution in [0.3, 0.4) is 0 Å². The molecule has 1 heterocycles. The molecule has 1 saturated heterocycles. The molecule has 0 N–H and O–H groups in total. The van der Waals surface area contributed by atoms with Crippen LogP contribution in [-0.4, -0.2) is 17.9 Å². The molecule has 0 spiro atoms. The number of carbonyl (C=O) groups is 1. The van der Waals surface area contributed by atoms with Gasteiger partial charge in [0.2, 0.25) is 0 Å². The third kappa shape index (κ3) is 1.98. The summed E-state index contributed by atoms with van der Waals surface area (Å²) in [7, 11) is 0. The van der Waals surface area contributed by atoms with E-state index in [-0.39, 0.29) is 5.97 Å². The average Bonchev–Trinajstić information content (AvgIpc) is 2.63. The van der Waals surface area contributed by atoms with E-state index >= 15 is 0 Å². The van der Waals surface area contributed by atoms with Crippen molar-refractivity contribution in [1.29, 1.82) is 0 Å². The Morgan fingerprint density at radius 1 is 1.38 bits per heavy atom. The second-order valence-corrected chi connectivity index (χ2v) is 5.14. The monoisotopic (exact) mass is 302 g/mol. The van der Waals surface area contributed by atoms with E-state index in [9.17, 15) is 4.79 Å². The van der Waals surface area contributed by atoms with Gasteiger partial charge in [-0.05, 0) is 24.1 Å². The number of benzene rings is 1. The number of cyclic esters (lactones) is 1. The molecule has 1 aromatic rings. The van der Waals surface area contributed by atoms with E-state index in [4.69, 9.17) is 16.3 Å². The summed E-state index contributed by atoms with van der Waals surface area (Å²) in [6, 6.07) is 7.46. The normalized spacial score (nSPS) is 24.5. The number of hydrogen-bond acceptors (Lipinski definition) is 2. The fraction of sp³-hybridized carbons (Fsp3) is 0.417. The zero-order valence-corrected chi connectivity index (χ0v) is 11.1. The number of halogens is 2. The quantitative estimate of drug-likeness (QED) is 0.632. The van der Waals surface area contributed by atoms with Gasteiger partial charge in [-0.1, -0.05) is 39.7 Å². The van der Waals surface area contributed by atoms with Crippen LogP contribution >= 0.6 is 27.5 Å². The Morgan fingerprint density at radius 3 is 2.56 bits per heavy atom. The Hall–Kier alpha value is -0.540. The molecule has 1 unspecified atom stereocenters. The lowest BCUT2D eigenvalue weighted by Crippen LogP contribution is -2.32. The van der Waals surface area contributed by atoms with Gasteiger partial charge < -0.3 is 4.74 Å². The Morgan fingerprint density at radius 2 is 2.06 bits per heavy atom. The van der Waals surface area contributed by atoms with E-state index in [2.05, 4.69) is 15.9 Å². The second kappa shape index (κ2) is 4.76. The predicted molar refractivity (Wildman–Crippen MR) is 67.1 cm³/mol. The number of alkyl halides is 1. The fourth-order valence-corrected chi connectivity index (χ4v) is 2.92. The number of carbonyl (C=O) groups excluding carboxylic acids is 1. The molecule has 86 valence electrons. The summed E-state index contributed by atoms with van der Waals surface area (Å²) in [4.78, 5) is 11.9. The summed E-state index contributed by atoms with van der Waals surface area (Å²) in [5.41, 5.74) is 0.521. The third-order valence-electron chi connectivity index (χ3n) is 3.07. The molecule has 0 saturated carbocycles. The van der Waals surface area contributed by atoms with Crippen LogP contribution in [0.15, 0.2) is 24.3 Å². The van der Waals surface area contributed by atoms with Crippen LogP contribution in [0.5, 0.6) is 0 Å². The van der Waals surface area contributed by atoms with Crippen molar-refractivity contribution in [3.05, 3.63) is 34.9 Å². The summed E-state index contributed by atoms with van der Waals surface area (Å²) in [6.07, 6.45) is 1.51. The van der Waals surface area contributed by atoms with Crippen molar-refractivity contribution in [2.75, 3.05) is 11.9 Å². The topological polar surface area (TPSA) is 26.3 Å². The summed E-state index contributed by atoms with van der Waals surface area (Å²) < 4.78 is 5.11. The van der Waals surface area contributed by atoms with Gasteiger partial charge in [0.05, 0.1) is 12.0 Å². The predicted octanol–water partition coefficient (Wildman–Crippen LogP) is 3.31. The molecule has 0 aromatic heterocycles. The van der Waals surface area contributed by atoms with Crippen molar-refractivity contribution >= 4 is 33.5 Å². The maximum atomic E-state index is 11.9. The fourth-order valence-electron chi connectivity index (χ4n) is 2.12. The number of rotatable bonds is 3. The van der Waals surface area contributed by atoms with Gasteiger partial charge in [-0.2, -0.15) is 0 Å². The Balaban J connectivity index is 2.39.